The van der Waals surface area contributed by atoms with Gasteiger partial charge in [0.05, 0.1) is 7.11 Å². The number of piperidine rings is 1. The number of hydrogen-bond donors (Lipinski definition) is 2. The molecule has 12 heteroatoms. The third kappa shape index (κ3) is 5.56. The number of rotatable bonds is 6. The van der Waals surface area contributed by atoms with Gasteiger partial charge in [-0.1, -0.05) is 6.42 Å². The second-order valence-corrected chi connectivity index (χ2v) is 7.99. The summed E-state index contributed by atoms with van der Waals surface area (Å²) in [7, 11) is 0.998. The number of carbonyl (C=O) groups is 3. The number of nitrogens with zero attached hydrogens (tertiary/aromatic N) is 2. The van der Waals surface area contributed by atoms with E-state index in [4.69, 9.17) is 4.74 Å². The maximum absolute atomic E-state index is 13.5. The molecular formula is C22H25F3N4O5. The summed E-state index contributed by atoms with van der Waals surface area (Å²) in [4.78, 5) is 40.5. The van der Waals surface area contributed by atoms with Crippen molar-refractivity contribution >= 4 is 23.7 Å². The van der Waals surface area contributed by atoms with Gasteiger partial charge in [-0.05, 0) is 57.5 Å². The van der Waals surface area contributed by atoms with E-state index in [1.54, 1.807) is 0 Å². The number of anilines is 1. The summed E-state index contributed by atoms with van der Waals surface area (Å²) in [5, 5.41) is 5.42. The van der Waals surface area contributed by atoms with Crippen LogP contribution in [0.5, 0.6) is 5.75 Å². The van der Waals surface area contributed by atoms with Crippen LogP contribution in [-0.2, 0) is 15.7 Å². The lowest BCUT2D eigenvalue weighted by atomic mass is 10.1. The standard InChI is InChI=1S/C22H25F3N4O5/c1-12(2)29-17(16(20(32)33-3)27-21(29)22(23,24)25)28-18(30)13-7-9-14(10-8-13)34-19(31)15-6-4-5-11-26-15/h7-10,12,15,26H,4-6,11H2,1-3H3,(H,28,30). The minimum Gasteiger partial charge on any atom is -0.464 e. The maximum Gasteiger partial charge on any atom is 0.449 e. The molecule has 184 valence electrons. The molecule has 9 nitrogen and oxygen atoms in total. The minimum absolute atomic E-state index is 0.0662. The SMILES string of the molecule is COC(=O)c1nc(C(F)(F)F)n(C(C)C)c1NC(=O)c1ccc(OC(=O)C2CCCCN2)cc1. The van der Waals surface area contributed by atoms with Crippen molar-refractivity contribution in [2.45, 2.75) is 51.4 Å². The average molecular weight is 482 g/mol. The zero-order chi connectivity index (χ0) is 25.0. The van der Waals surface area contributed by atoms with Crippen LogP contribution in [0, 0.1) is 0 Å². The van der Waals surface area contributed by atoms with Crippen LogP contribution >= 0.6 is 0 Å². The number of ether oxygens (including phenoxy) is 2. The van der Waals surface area contributed by atoms with Gasteiger partial charge in [0.1, 0.15) is 17.6 Å². The Balaban J connectivity index is 1.82. The Morgan fingerprint density at radius 1 is 1.18 bits per heavy atom. The zero-order valence-electron chi connectivity index (χ0n) is 18.9. The number of carbonyl (C=O) groups excluding carboxylic acids is 3. The predicted octanol–water partition coefficient (Wildman–Crippen LogP) is 3.57. The molecule has 2 N–H and O–H groups in total. The Kier molecular flexibility index (Phi) is 7.60. The number of halogens is 3. The highest BCUT2D eigenvalue weighted by Crippen LogP contribution is 2.35. The van der Waals surface area contributed by atoms with Gasteiger partial charge in [0, 0.05) is 11.6 Å². The summed E-state index contributed by atoms with van der Waals surface area (Å²) in [5.74, 6) is -3.89. The number of aromatic nitrogens is 2. The number of alkyl halides is 3. The number of amides is 1. The molecule has 1 atom stereocenters. The lowest BCUT2D eigenvalue weighted by Gasteiger charge is -2.21. The number of nitrogens with one attached hydrogen (secondary N) is 2. The van der Waals surface area contributed by atoms with Gasteiger partial charge in [-0.25, -0.2) is 14.6 Å². The van der Waals surface area contributed by atoms with Gasteiger partial charge in [0.15, 0.2) is 5.69 Å². The van der Waals surface area contributed by atoms with Gasteiger partial charge < -0.3 is 24.7 Å². The zero-order valence-corrected chi connectivity index (χ0v) is 18.9. The van der Waals surface area contributed by atoms with Crippen LogP contribution in [0.25, 0.3) is 0 Å². The topological polar surface area (TPSA) is 112 Å². The van der Waals surface area contributed by atoms with E-state index in [1.165, 1.54) is 38.1 Å². The fourth-order valence-corrected chi connectivity index (χ4v) is 3.59. The van der Waals surface area contributed by atoms with Crippen LogP contribution in [0.1, 0.15) is 65.8 Å². The first-order chi connectivity index (χ1) is 16.0. The number of hydrogen-bond acceptors (Lipinski definition) is 7. The molecule has 1 aromatic heterocycles. The third-order valence-corrected chi connectivity index (χ3v) is 5.22. The lowest BCUT2D eigenvalue weighted by Crippen LogP contribution is -2.42. The Labute approximate surface area is 193 Å². The average Bonchev–Trinajstić information content (AvgIpc) is 3.19. The molecular weight excluding hydrogens is 457 g/mol. The summed E-state index contributed by atoms with van der Waals surface area (Å²) in [6.45, 7) is 3.64. The summed E-state index contributed by atoms with van der Waals surface area (Å²) < 4.78 is 51.1. The van der Waals surface area contributed by atoms with E-state index < -0.39 is 53.4 Å². The van der Waals surface area contributed by atoms with Crippen LogP contribution < -0.4 is 15.4 Å². The number of benzene rings is 1. The lowest BCUT2D eigenvalue weighted by molar-refractivity contribution is -0.147. The largest absolute Gasteiger partial charge is 0.464 e. The number of imidazole rings is 1. The Morgan fingerprint density at radius 3 is 2.38 bits per heavy atom. The molecule has 1 fully saturated rings. The quantitative estimate of drug-likeness (QED) is 0.478. The van der Waals surface area contributed by atoms with E-state index >= 15 is 0 Å². The first-order valence-electron chi connectivity index (χ1n) is 10.7. The molecule has 1 amide bonds. The third-order valence-electron chi connectivity index (χ3n) is 5.22. The van der Waals surface area contributed by atoms with Gasteiger partial charge >= 0.3 is 18.1 Å². The molecule has 34 heavy (non-hydrogen) atoms. The molecule has 1 unspecified atom stereocenters. The molecule has 0 aliphatic carbocycles. The summed E-state index contributed by atoms with van der Waals surface area (Å²) in [5.41, 5.74) is -0.598. The fourth-order valence-electron chi connectivity index (χ4n) is 3.59. The Morgan fingerprint density at radius 2 is 1.85 bits per heavy atom. The molecule has 0 spiro atoms. The van der Waals surface area contributed by atoms with Crippen molar-refractivity contribution < 1.29 is 37.0 Å². The smallest absolute Gasteiger partial charge is 0.449 e. The van der Waals surface area contributed by atoms with E-state index in [0.29, 0.717) is 6.42 Å². The van der Waals surface area contributed by atoms with E-state index in [0.717, 1.165) is 31.1 Å². The number of methoxy groups -OCH3 is 1. The highest BCUT2D eigenvalue weighted by Gasteiger charge is 2.41. The molecule has 1 saturated heterocycles. The predicted molar refractivity (Wildman–Crippen MR) is 115 cm³/mol. The normalized spacial score (nSPS) is 16.3. The van der Waals surface area contributed by atoms with Crippen LogP contribution in [-0.4, -0.2) is 47.1 Å². The van der Waals surface area contributed by atoms with Crippen LogP contribution in [0.4, 0.5) is 19.0 Å². The minimum atomic E-state index is -4.87. The van der Waals surface area contributed by atoms with Crippen LogP contribution in [0.2, 0.25) is 0 Å². The molecule has 2 aromatic rings. The van der Waals surface area contributed by atoms with Crippen LogP contribution in [0.15, 0.2) is 24.3 Å². The van der Waals surface area contributed by atoms with E-state index in [2.05, 4.69) is 20.4 Å². The first kappa shape index (κ1) is 25.2. The highest BCUT2D eigenvalue weighted by molar-refractivity contribution is 6.07. The van der Waals surface area contributed by atoms with Crippen molar-refractivity contribution in [1.29, 1.82) is 0 Å². The Bertz CT molecular complexity index is 1060. The van der Waals surface area contributed by atoms with E-state index in [-0.39, 0.29) is 11.3 Å². The van der Waals surface area contributed by atoms with Crippen molar-refractivity contribution in [3.63, 3.8) is 0 Å². The molecule has 1 aliphatic heterocycles. The first-order valence-corrected chi connectivity index (χ1v) is 10.7. The second-order valence-electron chi connectivity index (χ2n) is 7.99. The highest BCUT2D eigenvalue weighted by atomic mass is 19.4. The van der Waals surface area contributed by atoms with Crippen molar-refractivity contribution in [2.75, 3.05) is 19.0 Å². The molecule has 0 saturated carbocycles. The van der Waals surface area contributed by atoms with Crippen molar-refractivity contribution in [2.24, 2.45) is 0 Å². The fraction of sp³-hybridized carbons (Fsp3) is 0.455. The van der Waals surface area contributed by atoms with E-state index in [9.17, 15) is 27.6 Å². The second kappa shape index (κ2) is 10.2. The van der Waals surface area contributed by atoms with Gasteiger partial charge in [0.2, 0.25) is 5.82 Å². The van der Waals surface area contributed by atoms with Gasteiger partial charge in [-0.15, -0.1) is 0 Å². The summed E-state index contributed by atoms with van der Waals surface area (Å²) >= 11 is 0. The maximum atomic E-state index is 13.5. The van der Waals surface area contributed by atoms with Crippen molar-refractivity contribution in [3.05, 3.63) is 41.3 Å². The van der Waals surface area contributed by atoms with Gasteiger partial charge in [-0.2, -0.15) is 13.2 Å². The van der Waals surface area contributed by atoms with Crippen molar-refractivity contribution in [1.82, 2.24) is 14.9 Å². The Hall–Kier alpha value is -3.41. The summed E-state index contributed by atoms with van der Waals surface area (Å²) in [6, 6.07) is 4.33. The monoisotopic (exact) mass is 482 g/mol. The molecule has 1 aromatic carbocycles. The van der Waals surface area contributed by atoms with E-state index in [1.807, 2.05) is 0 Å². The molecule has 0 radical (unpaired) electrons. The number of esters is 2. The molecule has 2 heterocycles. The van der Waals surface area contributed by atoms with Crippen molar-refractivity contribution in [3.8, 4) is 5.75 Å². The summed E-state index contributed by atoms with van der Waals surface area (Å²) in [6.07, 6.45) is -2.28. The van der Waals surface area contributed by atoms with Crippen LogP contribution in [0.3, 0.4) is 0 Å². The van der Waals surface area contributed by atoms with Gasteiger partial charge in [-0.3, -0.25) is 4.79 Å². The molecule has 1 aliphatic rings. The molecule has 0 bridgehead atoms. The molecule has 3 rings (SSSR count). The van der Waals surface area contributed by atoms with Gasteiger partial charge in [0.25, 0.3) is 5.91 Å².